The van der Waals surface area contributed by atoms with Crippen LogP contribution in [0, 0.1) is 0 Å². The van der Waals surface area contributed by atoms with Crippen LogP contribution in [-0.4, -0.2) is 75.6 Å². The number of benzene rings is 2. The molecule has 2 aromatic carbocycles. The molecule has 0 bridgehead atoms. The summed E-state index contributed by atoms with van der Waals surface area (Å²) in [7, 11) is 4.57. The Bertz CT molecular complexity index is 1480. The van der Waals surface area contributed by atoms with Gasteiger partial charge >= 0.3 is 5.88 Å². The molecule has 5 rings (SSSR count). The van der Waals surface area contributed by atoms with Gasteiger partial charge in [0, 0.05) is 17.4 Å². The molecule has 2 aliphatic heterocycles. The number of hydrogen-bond donors (Lipinski definition) is 0. The number of amides is 1. The van der Waals surface area contributed by atoms with E-state index in [0.29, 0.717) is 60.0 Å². The molecule has 14 heteroatoms. The van der Waals surface area contributed by atoms with Crippen molar-refractivity contribution in [3.8, 4) is 17.2 Å². The maximum atomic E-state index is 13.6. The SMILES string of the molecule is COc1cc(OC)c(OC)cc1/C=C1/N=C(SC/C([O-])=N\c2c[n+](N3CCOCC3)no2)N(c2ccccc2)C1=O. The molecular formula is C27H28N6O7S. The average Bonchev–Trinajstić information content (AvgIpc) is 3.60. The third kappa shape index (κ3) is 6.28. The molecule has 3 aromatic rings. The number of thioether (sulfide) groups is 1. The minimum Gasteiger partial charge on any atom is -0.861 e. The summed E-state index contributed by atoms with van der Waals surface area (Å²) in [6, 6.07) is 12.4. The molecule has 1 fully saturated rings. The van der Waals surface area contributed by atoms with Crippen LogP contribution in [0.2, 0.25) is 0 Å². The lowest BCUT2D eigenvalue weighted by Crippen LogP contribution is -2.62. The van der Waals surface area contributed by atoms with Gasteiger partial charge in [0.25, 0.3) is 12.1 Å². The number of anilines is 1. The fourth-order valence-corrected chi connectivity index (χ4v) is 4.96. The molecule has 0 aliphatic carbocycles. The Balaban J connectivity index is 1.40. The second kappa shape index (κ2) is 12.7. The summed E-state index contributed by atoms with van der Waals surface area (Å²) in [5.41, 5.74) is 1.34. The van der Waals surface area contributed by atoms with Crippen LogP contribution < -0.4 is 34.0 Å². The van der Waals surface area contributed by atoms with Gasteiger partial charge in [0.15, 0.2) is 16.7 Å². The summed E-state index contributed by atoms with van der Waals surface area (Å²) in [6.45, 7) is 2.45. The van der Waals surface area contributed by atoms with Gasteiger partial charge in [-0.15, -0.1) is 5.01 Å². The van der Waals surface area contributed by atoms with Crippen LogP contribution in [0.4, 0.5) is 11.6 Å². The Morgan fingerprint density at radius 3 is 2.51 bits per heavy atom. The van der Waals surface area contributed by atoms with Crippen molar-refractivity contribution < 1.29 is 38.2 Å². The van der Waals surface area contributed by atoms with Crippen LogP contribution in [0.3, 0.4) is 0 Å². The number of rotatable bonds is 9. The highest BCUT2D eigenvalue weighted by atomic mass is 32.2. The first-order valence-corrected chi connectivity index (χ1v) is 13.6. The number of nitrogens with zero attached hydrogens (tertiary/aromatic N) is 6. The van der Waals surface area contributed by atoms with Gasteiger partial charge in [-0.25, -0.2) is 9.98 Å². The number of hydrogen-bond acceptors (Lipinski definition) is 12. The number of carbonyl (C=O) groups is 1. The Labute approximate surface area is 240 Å². The second-order valence-electron chi connectivity index (χ2n) is 8.67. The lowest BCUT2D eigenvalue weighted by Gasteiger charge is -2.18. The molecule has 0 saturated carbocycles. The summed E-state index contributed by atoms with van der Waals surface area (Å²) in [5.74, 6) is 0.594. The minimum atomic E-state index is -0.470. The third-order valence-electron chi connectivity index (χ3n) is 6.15. The predicted octanol–water partition coefficient (Wildman–Crippen LogP) is 1.52. The van der Waals surface area contributed by atoms with Gasteiger partial charge in [0.05, 0.1) is 58.1 Å². The highest BCUT2D eigenvalue weighted by Crippen LogP contribution is 2.37. The summed E-state index contributed by atoms with van der Waals surface area (Å²) >= 11 is 1.09. The molecule has 0 spiro atoms. The van der Waals surface area contributed by atoms with Crippen molar-refractivity contribution >= 4 is 46.4 Å². The van der Waals surface area contributed by atoms with Crippen molar-refractivity contribution in [2.24, 2.45) is 9.98 Å². The monoisotopic (exact) mass is 580 g/mol. The van der Waals surface area contributed by atoms with E-state index in [0.717, 1.165) is 11.8 Å². The van der Waals surface area contributed by atoms with E-state index in [1.54, 1.807) is 30.3 Å². The maximum absolute atomic E-state index is 13.6. The first-order valence-electron chi connectivity index (χ1n) is 12.6. The van der Waals surface area contributed by atoms with Crippen LogP contribution in [0.15, 0.2) is 68.9 Å². The van der Waals surface area contributed by atoms with Crippen molar-refractivity contribution in [3.05, 3.63) is 59.9 Å². The molecule has 0 atom stereocenters. The zero-order chi connectivity index (χ0) is 28.8. The van der Waals surface area contributed by atoms with Gasteiger partial charge in [0.1, 0.15) is 11.4 Å². The normalized spacial score (nSPS) is 16.8. The molecule has 0 radical (unpaired) electrons. The van der Waals surface area contributed by atoms with Crippen molar-refractivity contribution in [2.45, 2.75) is 0 Å². The molecule has 214 valence electrons. The largest absolute Gasteiger partial charge is 0.861 e. The summed E-state index contributed by atoms with van der Waals surface area (Å²) in [5, 5.41) is 18.9. The van der Waals surface area contributed by atoms with Gasteiger partial charge in [-0.2, -0.15) is 0 Å². The number of aliphatic imine (C=N–C) groups is 2. The fourth-order valence-electron chi connectivity index (χ4n) is 4.16. The van der Waals surface area contributed by atoms with Crippen LogP contribution in [-0.2, 0) is 9.53 Å². The van der Waals surface area contributed by atoms with Gasteiger partial charge < -0.3 is 24.1 Å². The maximum Gasteiger partial charge on any atom is 0.324 e. The number of methoxy groups -OCH3 is 3. The smallest absolute Gasteiger partial charge is 0.324 e. The highest BCUT2D eigenvalue weighted by Gasteiger charge is 2.32. The van der Waals surface area contributed by atoms with Crippen molar-refractivity contribution in [2.75, 3.05) is 63.3 Å². The van der Waals surface area contributed by atoms with Gasteiger partial charge in [0.2, 0.25) is 5.27 Å². The Morgan fingerprint density at radius 2 is 1.80 bits per heavy atom. The third-order valence-corrected chi connectivity index (χ3v) is 7.08. The Hall–Kier alpha value is -4.56. The first kappa shape index (κ1) is 28.0. The van der Waals surface area contributed by atoms with E-state index >= 15 is 0 Å². The van der Waals surface area contributed by atoms with E-state index < -0.39 is 5.90 Å². The zero-order valence-electron chi connectivity index (χ0n) is 22.7. The fraction of sp³-hybridized carbons (Fsp3) is 0.296. The van der Waals surface area contributed by atoms with Crippen molar-refractivity contribution in [1.82, 2.24) is 5.27 Å². The van der Waals surface area contributed by atoms with E-state index in [9.17, 15) is 9.90 Å². The predicted molar refractivity (Wildman–Crippen MR) is 150 cm³/mol. The summed E-state index contributed by atoms with van der Waals surface area (Å²) in [6.07, 6.45) is 3.15. The van der Waals surface area contributed by atoms with Crippen LogP contribution >= 0.6 is 11.8 Å². The number of para-hydroxylation sites is 1. The molecule has 1 amide bonds. The van der Waals surface area contributed by atoms with E-state index in [-0.39, 0.29) is 23.2 Å². The number of amidine groups is 1. The molecule has 1 saturated heterocycles. The molecule has 1 aromatic heterocycles. The van der Waals surface area contributed by atoms with Crippen LogP contribution in [0.5, 0.6) is 17.2 Å². The van der Waals surface area contributed by atoms with E-state index in [4.69, 9.17) is 23.5 Å². The number of carbonyl (C=O) groups excluding carboxylic acids is 1. The summed E-state index contributed by atoms with van der Waals surface area (Å²) in [4.78, 5) is 25.1. The number of ether oxygens (including phenoxy) is 4. The highest BCUT2D eigenvalue weighted by molar-refractivity contribution is 8.14. The Morgan fingerprint density at radius 1 is 1.10 bits per heavy atom. The topological polar surface area (TPSA) is 138 Å². The number of morpholine rings is 1. The van der Waals surface area contributed by atoms with Crippen molar-refractivity contribution in [3.63, 3.8) is 0 Å². The van der Waals surface area contributed by atoms with Crippen molar-refractivity contribution in [1.29, 1.82) is 0 Å². The molecule has 41 heavy (non-hydrogen) atoms. The molecule has 3 heterocycles. The Kier molecular flexibility index (Phi) is 8.70. The summed E-state index contributed by atoms with van der Waals surface area (Å²) < 4.78 is 26.8. The molecule has 2 aliphatic rings. The van der Waals surface area contributed by atoms with E-state index in [1.807, 2.05) is 23.2 Å². The molecule has 0 unspecified atom stereocenters. The second-order valence-corrected chi connectivity index (χ2v) is 9.61. The molecule has 13 nitrogen and oxygen atoms in total. The quantitative estimate of drug-likeness (QED) is 0.158. The van der Waals surface area contributed by atoms with Gasteiger partial charge in [-0.3, -0.25) is 14.2 Å². The first-order chi connectivity index (χ1) is 20.0. The number of aromatic nitrogens is 2. The van der Waals surface area contributed by atoms with E-state index in [1.165, 1.54) is 37.2 Å². The lowest BCUT2D eigenvalue weighted by molar-refractivity contribution is -0.759. The van der Waals surface area contributed by atoms with Crippen LogP contribution in [0.1, 0.15) is 5.56 Å². The lowest BCUT2D eigenvalue weighted by atomic mass is 10.1. The minimum absolute atomic E-state index is 0.0765. The van der Waals surface area contributed by atoms with Gasteiger partial charge in [-0.05, 0) is 30.2 Å². The standard InChI is InChI=1S/C27H28N6O7S/c1-36-21-15-23(38-3)22(37-2)14-18(21)13-20-26(35)33(19-7-5-4-6-8-19)27(28-20)41-17-24(34)29-25-16-32(30-40-25)31-9-11-39-12-10-31/h4-8,13-16H,9-12,17H2,1-3H3/b20-13+. The molecule has 0 N–H and O–H groups in total. The zero-order valence-corrected chi connectivity index (χ0v) is 23.5. The van der Waals surface area contributed by atoms with E-state index in [2.05, 4.69) is 15.3 Å². The van der Waals surface area contributed by atoms with Crippen LogP contribution in [0.25, 0.3) is 6.08 Å². The van der Waals surface area contributed by atoms with Gasteiger partial charge in [-0.1, -0.05) is 30.0 Å². The average molecular weight is 581 g/mol. The molecular weight excluding hydrogens is 552 g/mol.